The number of urea groups is 1. The molecule has 8 nitrogen and oxygen atoms in total. The number of aryl methyl sites for hydroxylation is 2. The first-order valence-electron chi connectivity index (χ1n) is 10.4. The fourth-order valence-corrected chi connectivity index (χ4v) is 4.11. The largest absolute Gasteiger partial charge is 0.334 e. The summed E-state index contributed by atoms with van der Waals surface area (Å²) in [5.41, 5.74) is 3.68. The van der Waals surface area contributed by atoms with Crippen molar-refractivity contribution in [1.82, 2.24) is 10.2 Å². The maximum atomic E-state index is 13.1. The van der Waals surface area contributed by atoms with Crippen LogP contribution in [0.1, 0.15) is 56.7 Å². The van der Waals surface area contributed by atoms with Gasteiger partial charge in [-0.25, -0.2) is 4.79 Å². The Morgan fingerprint density at radius 3 is 2.53 bits per heavy atom. The number of ketones is 2. The number of hydrogen-bond donors (Lipinski definition) is 2. The summed E-state index contributed by atoms with van der Waals surface area (Å²) < 4.78 is 0. The normalized spacial score (nSPS) is 18.1. The molecule has 0 saturated heterocycles. The second-order valence-electron chi connectivity index (χ2n) is 8.16. The van der Waals surface area contributed by atoms with Crippen molar-refractivity contribution in [2.75, 3.05) is 5.32 Å². The maximum absolute atomic E-state index is 13.1. The van der Waals surface area contributed by atoms with E-state index in [0.717, 1.165) is 16.0 Å². The molecular formula is C24H23N3O5. The van der Waals surface area contributed by atoms with Crippen molar-refractivity contribution in [3.63, 3.8) is 0 Å². The number of fused-ring (bicyclic) bond motifs is 1. The van der Waals surface area contributed by atoms with Gasteiger partial charge in [0, 0.05) is 18.7 Å². The number of rotatable bonds is 4. The number of carbonyl (C=O) groups is 5. The minimum Gasteiger partial charge on any atom is -0.334 e. The molecule has 1 aliphatic heterocycles. The Labute approximate surface area is 185 Å². The molecule has 8 heteroatoms. The molecule has 0 bridgehead atoms. The predicted molar refractivity (Wildman–Crippen MR) is 116 cm³/mol. The number of nitrogens with one attached hydrogen (secondary N) is 2. The van der Waals surface area contributed by atoms with Crippen molar-refractivity contribution in [1.29, 1.82) is 0 Å². The first-order valence-corrected chi connectivity index (χ1v) is 10.4. The molecule has 1 aliphatic carbocycles. The predicted octanol–water partition coefficient (Wildman–Crippen LogP) is 2.91. The molecule has 1 atom stereocenters. The van der Waals surface area contributed by atoms with E-state index in [2.05, 4.69) is 10.6 Å². The fraction of sp³-hybridized carbons (Fsp3) is 0.292. The summed E-state index contributed by atoms with van der Waals surface area (Å²) in [6, 6.07) is 9.04. The number of Topliss-reactive ketones (excluding diaryl/α,β-unsaturated/α-hetero) is 2. The van der Waals surface area contributed by atoms with Crippen LogP contribution in [0.25, 0.3) is 0 Å². The first kappa shape index (κ1) is 21.4. The van der Waals surface area contributed by atoms with Crippen molar-refractivity contribution in [2.24, 2.45) is 0 Å². The van der Waals surface area contributed by atoms with Crippen molar-refractivity contribution in [3.8, 4) is 0 Å². The van der Waals surface area contributed by atoms with Crippen molar-refractivity contribution in [2.45, 2.75) is 45.7 Å². The lowest BCUT2D eigenvalue weighted by Crippen LogP contribution is -2.47. The van der Waals surface area contributed by atoms with Gasteiger partial charge in [0.25, 0.3) is 11.8 Å². The molecule has 2 aromatic rings. The summed E-state index contributed by atoms with van der Waals surface area (Å²) in [7, 11) is 0. The van der Waals surface area contributed by atoms with Crippen LogP contribution in [-0.4, -0.2) is 40.4 Å². The molecule has 0 spiro atoms. The molecule has 0 radical (unpaired) electrons. The highest BCUT2D eigenvalue weighted by Crippen LogP contribution is 2.31. The second-order valence-corrected chi connectivity index (χ2v) is 8.16. The molecule has 1 heterocycles. The Bertz CT molecular complexity index is 1170. The zero-order valence-corrected chi connectivity index (χ0v) is 17.9. The Morgan fingerprint density at radius 1 is 1.03 bits per heavy atom. The third-order valence-corrected chi connectivity index (χ3v) is 5.99. The number of imide groups is 1. The van der Waals surface area contributed by atoms with Gasteiger partial charge in [0.1, 0.15) is 5.78 Å². The van der Waals surface area contributed by atoms with Crippen LogP contribution in [0.4, 0.5) is 10.5 Å². The quantitative estimate of drug-likeness (QED) is 0.569. The van der Waals surface area contributed by atoms with Gasteiger partial charge in [-0.05, 0) is 55.2 Å². The maximum Gasteiger partial charge on any atom is 0.319 e. The molecule has 0 aromatic heterocycles. The number of amides is 4. The minimum atomic E-state index is -0.922. The van der Waals surface area contributed by atoms with Crippen LogP contribution in [0.3, 0.4) is 0 Å². The summed E-state index contributed by atoms with van der Waals surface area (Å²) in [5, 5.41) is 5.46. The van der Waals surface area contributed by atoms with Crippen LogP contribution in [0.2, 0.25) is 0 Å². The molecule has 1 unspecified atom stereocenters. The van der Waals surface area contributed by atoms with Gasteiger partial charge in [-0.1, -0.05) is 18.2 Å². The number of hydrogen-bond acceptors (Lipinski definition) is 5. The van der Waals surface area contributed by atoms with Gasteiger partial charge in [0.2, 0.25) is 0 Å². The van der Waals surface area contributed by atoms with E-state index in [1.165, 1.54) is 6.07 Å². The fourth-order valence-electron chi connectivity index (χ4n) is 4.11. The lowest BCUT2D eigenvalue weighted by atomic mass is 9.92. The number of benzene rings is 2. The molecule has 2 aliphatic rings. The highest BCUT2D eigenvalue weighted by Gasteiger charge is 2.45. The van der Waals surface area contributed by atoms with Gasteiger partial charge in [-0.15, -0.1) is 0 Å². The van der Waals surface area contributed by atoms with E-state index >= 15 is 0 Å². The SMILES string of the molecule is Cc1ccc(NC(=O)NCc2cccc3c2C(=O)N(C2CCC(=O)CC2=O)C3=O)cc1C. The van der Waals surface area contributed by atoms with Gasteiger partial charge < -0.3 is 10.6 Å². The van der Waals surface area contributed by atoms with E-state index in [1.807, 2.05) is 26.0 Å². The van der Waals surface area contributed by atoms with E-state index in [4.69, 9.17) is 0 Å². The molecule has 1 fully saturated rings. The van der Waals surface area contributed by atoms with Crippen LogP contribution in [0.15, 0.2) is 36.4 Å². The van der Waals surface area contributed by atoms with Crippen LogP contribution in [0.5, 0.6) is 0 Å². The standard InChI is InChI=1S/C24H23N3O5/c1-13-6-7-16(10-14(13)2)26-24(32)25-12-15-4-3-5-18-21(15)23(31)27(22(18)30)19-9-8-17(28)11-20(19)29/h3-7,10,19H,8-9,11-12H2,1-2H3,(H2,25,26,32). The van der Waals surface area contributed by atoms with Gasteiger partial charge in [0.05, 0.1) is 23.6 Å². The van der Waals surface area contributed by atoms with Crippen molar-refractivity contribution in [3.05, 3.63) is 64.2 Å². The number of nitrogens with zero attached hydrogens (tertiary/aromatic N) is 1. The molecule has 4 amide bonds. The molecule has 164 valence electrons. The Hall–Kier alpha value is -3.81. The monoisotopic (exact) mass is 433 g/mol. The number of anilines is 1. The Balaban J connectivity index is 1.49. The highest BCUT2D eigenvalue weighted by molar-refractivity contribution is 6.24. The van der Waals surface area contributed by atoms with Crippen LogP contribution in [-0.2, 0) is 16.1 Å². The van der Waals surface area contributed by atoms with E-state index in [9.17, 15) is 24.0 Å². The molecule has 1 saturated carbocycles. The van der Waals surface area contributed by atoms with Gasteiger partial charge in [-0.3, -0.25) is 24.1 Å². The summed E-state index contributed by atoms with van der Waals surface area (Å²) in [6.45, 7) is 3.96. The number of carbonyl (C=O) groups excluding carboxylic acids is 5. The first-order chi connectivity index (χ1) is 15.3. The van der Waals surface area contributed by atoms with Gasteiger partial charge in [-0.2, -0.15) is 0 Å². The van der Waals surface area contributed by atoms with Crippen molar-refractivity contribution >= 4 is 35.1 Å². The smallest absolute Gasteiger partial charge is 0.319 e. The Morgan fingerprint density at radius 2 is 1.81 bits per heavy atom. The zero-order valence-electron chi connectivity index (χ0n) is 17.9. The van der Waals surface area contributed by atoms with Crippen LogP contribution < -0.4 is 10.6 Å². The zero-order chi connectivity index (χ0) is 23.0. The van der Waals surface area contributed by atoms with Crippen LogP contribution in [0, 0.1) is 13.8 Å². The average molecular weight is 433 g/mol. The molecule has 2 N–H and O–H groups in total. The van der Waals surface area contributed by atoms with E-state index in [0.29, 0.717) is 11.3 Å². The summed E-state index contributed by atoms with van der Waals surface area (Å²) >= 11 is 0. The summed E-state index contributed by atoms with van der Waals surface area (Å²) in [6.07, 6.45) is 0.0527. The van der Waals surface area contributed by atoms with Gasteiger partial charge in [0.15, 0.2) is 5.78 Å². The van der Waals surface area contributed by atoms with E-state index in [1.54, 1.807) is 18.2 Å². The molecule has 4 rings (SSSR count). The highest BCUT2D eigenvalue weighted by atomic mass is 16.2. The second kappa shape index (κ2) is 8.37. The van der Waals surface area contributed by atoms with Gasteiger partial charge >= 0.3 is 6.03 Å². The molecular weight excluding hydrogens is 410 g/mol. The molecule has 32 heavy (non-hydrogen) atoms. The Kier molecular flexibility index (Phi) is 5.61. The minimum absolute atomic E-state index is 0.0316. The average Bonchev–Trinajstić information content (AvgIpc) is 3.00. The van der Waals surface area contributed by atoms with Crippen LogP contribution >= 0.6 is 0 Å². The summed E-state index contributed by atoms with van der Waals surface area (Å²) in [4.78, 5) is 63.2. The van der Waals surface area contributed by atoms with E-state index in [-0.39, 0.29) is 42.7 Å². The third-order valence-electron chi connectivity index (χ3n) is 5.99. The third kappa shape index (κ3) is 3.91. The van der Waals surface area contributed by atoms with E-state index < -0.39 is 29.7 Å². The topological polar surface area (TPSA) is 113 Å². The lowest BCUT2D eigenvalue weighted by molar-refractivity contribution is -0.132. The lowest BCUT2D eigenvalue weighted by Gasteiger charge is -2.27. The molecule has 2 aromatic carbocycles. The summed E-state index contributed by atoms with van der Waals surface area (Å²) in [5.74, 6) is -1.70. The van der Waals surface area contributed by atoms with Crippen molar-refractivity contribution < 1.29 is 24.0 Å².